The predicted molar refractivity (Wildman–Crippen MR) is 68.3 cm³/mol. The Morgan fingerprint density at radius 2 is 2.27 bits per heavy atom. The van der Waals surface area contributed by atoms with Crippen molar-refractivity contribution in [2.75, 3.05) is 19.6 Å². The summed E-state index contributed by atoms with van der Waals surface area (Å²) in [5, 5.41) is 5.63. The first-order valence-electron chi connectivity index (χ1n) is 5.57. The van der Waals surface area contributed by atoms with Gasteiger partial charge in [-0.15, -0.1) is 11.3 Å². The van der Waals surface area contributed by atoms with E-state index in [2.05, 4.69) is 36.7 Å². The maximum absolute atomic E-state index is 5.57. The molecule has 0 saturated heterocycles. The molecule has 0 aliphatic carbocycles. The van der Waals surface area contributed by atoms with E-state index in [1.807, 2.05) is 11.3 Å². The Labute approximate surface area is 96.9 Å². The molecule has 0 aromatic carbocycles. The number of hydrogen-bond donors (Lipinski definition) is 2. The van der Waals surface area contributed by atoms with Gasteiger partial charge in [0.25, 0.3) is 0 Å². The van der Waals surface area contributed by atoms with Crippen LogP contribution in [0.2, 0.25) is 0 Å². The number of thiophene rings is 1. The van der Waals surface area contributed by atoms with E-state index in [9.17, 15) is 0 Å². The Balaban J connectivity index is 2.11. The fourth-order valence-electron chi connectivity index (χ4n) is 1.57. The summed E-state index contributed by atoms with van der Waals surface area (Å²) in [6.07, 6.45) is 2.22. The number of nitrogens with two attached hydrogens (primary N) is 1. The van der Waals surface area contributed by atoms with Crippen LogP contribution >= 0.6 is 11.3 Å². The molecule has 0 atom stereocenters. The molecule has 1 rings (SSSR count). The van der Waals surface area contributed by atoms with Gasteiger partial charge in [-0.25, -0.2) is 0 Å². The van der Waals surface area contributed by atoms with Crippen LogP contribution in [0.25, 0.3) is 0 Å². The van der Waals surface area contributed by atoms with E-state index < -0.39 is 0 Å². The Bertz CT molecular complexity index is 255. The lowest BCUT2D eigenvalue weighted by atomic mass is 9.89. The van der Waals surface area contributed by atoms with E-state index in [0.29, 0.717) is 5.41 Å². The van der Waals surface area contributed by atoms with Crippen molar-refractivity contribution in [2.45, 2.75) is 26.7 Å². The predicted octanol–water partition coefficient (Wildman–Crippen LogP) is 2.26. The monoisotopic (exact) mass is 226 g/mol. The highest BCUT2D eigenvalue weighted by atomic mass is 32.1. The Morgan fingerprint density at radius 3 is 2.87 bits per heavy atom. The SMILES string of the molecule is CC(C)(CCN)CNCCc1cccs1. The molecule has 0 bridgehead atoms. The second-order valence-electron chi connectivity index (χ2n) is 4.71. The molecule has 2 nitrogen and oxygen atoms in total. The minimum Gasteiger partial charge on any atom is -0.330 e. The molecule has 1 aromatic heterocycles. The molecule has 1 heterocycles. The highest BCUT2D eigenvalue weighted by Gasteiger charge is 2.15. The van der Waals surface area contributed by atoms with E-state index in [1.54, 1.807) is 0 Å². The van der Waals surface area contributed by atoms with Crippen LogP contribution in [0.5, 0.6) is 0 Å². The standard InChI is InChI=1S/C12H22N2S/c1-12(2,6-7-13)10-14-8-5-11-4-3-9-15-11/h3-4,9,14H,5-8,10,13H2,1-2H3. The highest BCUT2D eigenvalue weighted by Crippen LogP contribution is 2.17. The zero-order chi connectivity index (χ0) is 11.1. The third-order valence-corrected chi connectivity index (χ3v) is 3.49. The summed E-state index contributed by atoms with van der Waals surface area (Å²) in [5.74, 6) is 0. The Hall–Kier alpha value is -0.380. The molecule has 3 N–H and O–H groups in total. The Kier molecular flexibility index (Phi) is 5.29. The summed E-state index contributed by atoms with van der Waals surface area (Å²) in [6, 6.07) is 4.30. The van der Waals surface area contributed by atoms with Crippen LogP contribution in [0.4, 0.5) is 0 Å². The van der Waals surface area contributed by atoms with Gasteiger partial charge in [0.1, 0.15) is 0 Å². The minimum atomic E-state index is 0.324. The van der Waals surface area contributed by atoms with Crippen molar-refractivity contribution in [1.82, 2.24) is 5.32 Å². The van der Waals surface area contributed by atoms with E-state index >= 15 is 0 Å². The van der Waals surface area contributed by atoms with Gasteiger partial charge in [0.2, 0.25) is 0 Å². The van der Waals surface area contributed by atoms with Gasteiger partial charge in [-0.1, -0.05) is 19.9 Å². The van der Waals surface area contributed by atoms with Gasteiger partial charge >= 0.3 is 0 Å². The summed E-state index contributed by atoms with van der Waals surface area (Å²) in [6.45, 7) is 7.42. The first kappa shape index (κ1) is 12.7. The van der Waals surface area contributed by atoms with Crippen LogP contribution in [-0.2, 0) is 6.42 Å². The molecule has 0 fully saturated rings. The molecule has 0 aliphatic rings. The first-order chi connectivity index (χ1) is 7.14. The second kappa shape index (κ2) is 6.26. The van der Waals surface area contributed by atoms with Crippen LogP contribution in [0.15, 0.2) is 17.5 Å². The molecule has 0 unspecified atom stereocenters. The summed E-state index contributed by atoms with van der Waals surface area (Å²) >= 11 is 1.83. The molecule has 0 aliphatic heterocycles. The normalized spacial score (nSPS) is 11.9. The van der Waals surface area contributed by atoms with E-state index in [0.717, 1.165) is 32.5 Å². The van der Waals surface area contributed by atoms with Crippen LogP contribution in [0.1, 0.15) is 25.1 Å². The lowest BCUT2D eigenvalue weighted by Crippen LogP contribution is -2.32. The smallest absolute Gasteiger partial charge is 0.00578 e. The molecular formula is C12H22N2S. The zero-order valence-electron chi connectivity index (χ0n) is 9.75. The topological polar surface area (TPSA) is 38.0 Å². The molecule has 0 amide bonds. The maximum Gasteiger partial charge on any atom is 0.00578 e. The zero-order valence-corrected chi connectivity index (χ0v) is 10.6. The van der Waals surface area contributed by atoms with Crippen molar-refractivity contribution in [1.29, 1.82) is 0 Å². The molecular weight excluding hydrogens is 204 g/mol. The Morgan fingerprint density at radius 1 is 1.47 bits per heavy atom. The lowest BCUT2D eigenvalue weighted by molar-refractivity contribution is 0.321. The van der Waals surface area contributed by atoms with Gasteiger partial charge in [0.05, 0.1) is 0 Å². The van der Waals surface area contributed by atoms with Crippen molar-refractivity contribution < 1.29 is 0 Å². The van der Waals surface area contributed by atoms with E-state index in [1.165, 1.54) is 4.88 Å². The first-order valence-corrected chi connectivity index (χ1v) is 6.45. The molecule has 3 heteroatoms. The van der Waals surface area contributed by atoms with Gasteiger partial charge in [-0.05, 0) is 42.8 Å². The van der Waals surface area contributed by atoms with Gasteiger partial charge in [0, 0.05) is 11.4 Å². The summed E-state index contributed by atoms with van der Waals surface area (Å²) in [7, 11) is 0. The fraction of sp³-hybridized carbons (Fsp3) is 0.667. The number of nitrogens with one attached hydrogen (secondary N) is 1. The van der Waals surface area contributed by atoms with Crippen molar-refractivity contribution in [2.24, 2.45) is 11.1 Å². The molecule has 15 heavy (non-hydrogen) atoms. The molecule has 1 aromatic rings. The third kappa shape index (κ3) is 5.30. The fourth-order valence-corrected chi connectivity index (χ4v) is 2.28. The summed E-state index contributed by atoms with van der Waals surface area (Å²) in [5.41, 5.74) is 5.89. The summed E-state index contributed by atoms with van der Waals surface area (Å²) < 4.78 is 0. The van der Waals surface area contributed by atoms with Crippen LogP contribution in [0, 0.1) is 5.41 Å². The molecule has 0 spiro atoms. The van der Waals surface area contributed by atoms with Gasteiger partial charge in [0.15, 0.2) is 0 Å². The van der Waals surface area contributed by atoms with Crippen LogP contribution < -0.4 is 11.1 Å². The number of hydrogen-bond acceptors (Lipinski definition) is 3. The average molecular weight is 226 g/mol. The third-order valence-electron chi connectivity index (χ3n) is 2.55. The van der Waals surface area contributed by atoms with Gasteiger partial charge in [-0.2, -0.15) is 0 Å². The van der Waals surface area contributed by atoms with Crippen LogP contribution in [-0.4, -0.2) is 19.6 Å². The van der Waals surface area contributed by atoms with Crippen molar-refractivity contribution in [3.63, 3.8) is 0 Å². The van der Waals surface area contributed by atoms with E-state index in [-0.39, 0.29) is 0 Å². The largest absolute Gasteiger partial charge is 0.330 e. The second-order valence-corrected chi connectivity index (χ2v) is 5.74. The van der Waals surface area contributed by atoms with Crippen LogP contribution in [0.3, 0.4) is 0 Å². The van der Waals surface area contributed by atoms with E-state index in [4.69, 9.17) is 5.73 Å². The minimum absolute atomic E-state index is 0.324. The summed E-state index contributed by atoms with van der Waals surface area (Å²) in [4.78, 5) is 1.46. The van der Waals surface area contributed by atoms with Crippen molar-refractivity contribution in [3.8, 4) is 0 Å². The van der Waals surface area contributed by atoms with Crippen molar-refractivity contribution in [3.05, 3.63) is 22.4 Å². The number of rotatable bonds is 7. The lowest BCUT2D eigenvalue weighted by Gasteiger charge is -2.24. The molecule has 0 saturated carbocycles. The quantitative estimate of drug-likeness (QED) is 0.700. The molecule has 0 radical (unpaired) electrons. The average Bonchev–Trinajstić information content (AvgIpc) is 2.65. The maximum atomic E-state index is 5.57. The van der Waals surface area contributed by atoms with Gasteiger partial charge < -0.3 is 11.1 Å². The highest BCUT2D eigenvalue weighted by molar-refractivity contribution is 7.09. The molecule has 86 valence electrons. The van der Waals surface area contributed by atoms with Crippen molar-refractivity contribution >= 4 is 11.3 Å². The van der Waals surface area contributed by atoms with Gasteiger partial charge in [-0.3, -0.25) is 0 Å².